The number of likely N-dealkylation sites (tertiary alicyclic amines) is 1. The Bertz CT molecular complexity index is 508. The number of nitrogens with zero attached hydrogens (tertiary/aromatic N) is 1. The Balaban J connectivity index is 1.78. The van der Waals surface area contributed by atoms with Crippen molar-refractivity contribution in [3.63, 3.8) is 0 Å². The summed E-state index contributed by atoms with van der Waals surface area (Å²) in [6.45, 7) is 1.47. The van der Waals surface area contributed by atoms with E-state index in [1.165, 1.54) is 24.3 Å². The van der Waals surface area contributed by atoms with E-state index < -0.39 is 6.36 Å². The molecule has 4 nitrogen and oxygen atoms in total. The van der Waals surface area contributed by atoms with E-state index in [4.69, 9.17) is 5.11 Å². The number of rotatable bonds is 5. The van der Waals surface area contributed by atoms with Crippen molar-refractivity contribution in [1.82, 2.24) is 4.90 Å². The molecule has 1 saturated heterocycles. The molecule has 7 heteroatoms. The van der Waals surface area contributed by atoms with Crippen molar-refractivity contribution in [2.24, 2.45) is 5.92 Å². The van der Waals surface area contributed by atoms with Gasteiger partial charge in [-0.3, -0.25) is 4.79 Å². The second-order valence-electron chi connectivity index (χ2n) is 5.70. The van der Waals surface area contributed by atoms with Crippen LogP contribution < -0.4 is 4.74 Å². The number of aliphatic hydroxyl groups is 1. The number of halogens is 3. The van der Waals surface area contributed by atoms with E-state index in [0.29, 0.717) is 25.9 Å². The Kier molecular flexibility index (Phi) is 5.87. The van der Waals surface area contributed by atoms with Crippen molar-refractivity contribution >= 4 is 5.91 Å². The smallest absolute Gasteiger partial charge is 0.406 e. The fourth-order valence-electron chi connectivity index (χ4n) is 2.63. The molecule has 0 atom stereocenters. The molecule has 0 aliphatic carbocycles. The molecule has 1 aliphatic rings. The first-order valence-electron chi connectivity index (χ1n) is 7.60. The van der Waals surface area contributed by atoms with Crippen molar-refractivity contribution in [2.45, 2.75) is 32.0 Å². The highest BCUT2D eigenvalue weighted by Gasteiger charge is 2.31. The minimum Gasteiger partial charge on any atom is -0.406 e. The molecule has 0 unspecified atom stereocenters. The van der Waals surface area contributed by atoms with Gasteiger partial charge in [0.15, 0.2) is 0 Å². The number of hydrogen-bond donors (Lipinski definition) is 1. The van der Waals surface area contributed by atoms with E-state index in [0.717, 1.165) is 18.4 Å². The zero-order valence-corrected chi connectivity index (χ0v) is 12.7. The van der Waals surface area contributed by atoms with Gasteiger partial charge in [0.1, 0.15) is 5.75 Å². The lowest BCUT2D eigenvalue weighted by molar-refractivity contribution is -0.274. The summed E-state index contributed by atoms with van der Waals surface area (Å²) in [5.41, 5.74) is 0.790. The third-order valence-electron chi connectivity index (χ3n) is 4.01. The summed E-state index contributed by atoms with van der Waals surface area (Å²) in [5.74, 6) is 0.0517. The molecular formula is C16H20F3NO3. The van der Waals surface area contributed by atoms with Crippen LogP contribution in [0.15, 0.2) is 24.3 Å². The first-order valence-corrected chi connectivity index (χ1v) is 7.60. The predicted octanol–water partition coefficient (Wildman–Crippen LogP) is 2.75. The first-order chi connectivity index (χ1) is 10.9. The summed E-state index contributed by atoms with van der Waals surface area (Å²) in [6.07, 6.45) is -2.27. The van der Waals surface area contributed by atoms with Gasteiger partial charge in [0.25, 0.3) is 0 Å². The average Bonchev–Trinajstić information content (AvgIpc) is 2.52. The predicted molar refractivity (Wildman–Crippen MR) is 77.8 cm³/mol. The van der Waals surface area contributed by atoms with E-state index in [9.17, 15) is 18.0 Å². The lowest BCUT2D eigenvalue weighted by atomic mass is 9.97. The number of hydrogen-bond acceptors (Lipinski definition) is 3. The highest BCUT2D eigenvalue weighted by Crippen LogP contribution is 2.23. The fourth-order valence-corrected chi connectivity index (χ4v) is 2.63. The number of piperidine rings is 1. The number of alkyl halides is 3. The van der Waals surface area contributed by atoms with Crippen LogP contribution in [0.25, 0.3) is 0 Å². The summed E-state index contributed by atoms with van der Waals surface area (Å²) >= 11 is 0. The van der Waals surface area contributed by atoms with Gasteiger partial charge in [-0.05, 0) is 42.9 Å². The van der Waals surface area contributed by atoms with Gasteiger partial charge in [-0.2, -0.15) is 0 Å². The molecule has 0 bridgehead atoms. The maximum atomic E-state index is 12.1. The topological polar surface area (TPSA) is 49.8 Å². The zero-order valence-electron chi connectivity index (χ0n) is 12.7. The van der Waals surface area contributed by atoms with Gasteiger partial charge in [-0.1, -0.05) is 12.1 Å². The van der Waals surface area contributed by atoms with Gasteiger partial charge in [-0.25, -0.2) is 0 Å². The van der Waals surface area contributed by atoms with Crippen LogP contribution in [-0.2, 0) is 11.2 Å². The van der Waals surface area contributed by atoms with E-state index in [-0.39, 0.29) is 24.2 Å². The Morgan fingerprint density at radius 3 is 2.35 bits per heavy atom. The standard InChI is InChI=1S/C16H20F3NO3/c17-16(18,19)23-14-4-1-12(2-5-14)3-6-15(22)20-9-7-13(11-21)8-10-20/h1-2,4-5,13,21H,3,6-11H2. The Hall–Kier alpha value is -1.76. The molecule has 1 aromatic rings. The molecule has 1 fully saturated rings. The lowest BCUT2D eigenvalue weighted by Crippen LogP contribution is -2.39. The summed E-state index contributed by atoms with van der Waals surface area (Å²) in [5, 5.41) is 9.08. The van der Waals surface area contributed by atoms with Crippen LogP contribution in [-0.4, -0.2) is 42.0 Å². The molecule has 0 aromatic heterocycles. The third kappa shape index (κ3) is 5.74. The van der Waals surface area contributed by atoms with Gasteiger partial charge in [0, 0.05) is 26.1 Å². The zero-order chi connectivity index (χ0) is 16.9. The van der Waals surface area contributed by atoms with Crippen LogP contribution >= 0.6 is 0 Å². The highest BCUT2D eigenvalue weighted by molar-refractivity contribution is 5.76. The normalized spacial score (nSPS) is 16.4. The molecule has 1 heterocycles. The van der Waals surface area contributed by atoms with Gasteiger partial charge in [0.05, 0.1) is 0 Å². The Morgan fingerprint density at radius 2 is 1.83 bits per heavy atom. The highest BCUT2D eigenvalue weighted by atomic mass is 19.4. The number of aryl methyl sites for hydroxylation is 1. The van der Waals surface area contributed by atoms with E-state index in [1.54, 1.807) is 4.90 Å². The summed E-state index contributed by atoms with van der Waals surface area (Å²) in [6, 6.07) is 5.57. The average molecular weight is 331 g/mol. The van der Waals surface area contributed by atoms with Gasteiger partial charge < -0.3 is 14.7 Å². The van der Waals surface area contributed by atoms with Crippen LogP contribution in [0.5, 0.6) is 5.75 Å². The second kappa shape index (κ2) is 7.68. The maximum Gasteiger partial charge on any atom is 0.573 e. The van der Waals surface area contributed by atoms with Crippen LogP contribution in [0.1, 0.15) is 24.8 Å². The van der Waals surface area contributed by atoms with Crippen molar-refractivity contribution in [3.05, 3.63) is 29.8 Å². The monoisotopic (exact) mass is 331 g/mol. The number of carbonyl (C=O) groups excluding carboxylic acids is 1. The quantitative estimate of drug-likeness (QED) is 0.903. The van der Waals surface area contributed by atoms with Crippen LogP contribution in [0.3, 0.4) is 0 Å². The van der Waals surface area contributed by atoms with Crippen molar-refractivity contribution in [2.75, 3.05) is 19.7 Å². The molecule has 0 radical (unpaired) electrons. The summed E-state index contributed by atoms with van der Waals surface area (Å²) in [4.78, 5) is 13.9. The summed E-state index contributed by atoms with van der Waals surface area (Å²) in [7, 11) is 0. The number of ether oxygens (including phenoxy) is 1. The molecule has 1 aliphatic heterocycles. The first kappa shape index (κ1) is 17.6. The largest absolute Gasteiger partial charge is 0.573 e. The van der Waals surface area contributed by atoms with Gasteiger partial charge in [-0.15, -0.1) is 13.2 Å². The minimum absolute atomic E-state index is 0.0389. The Labute approximate surface area is 132 Å². The lowest BCUT2D eigenvalue weighted by Gasteiger charge is -2.31. The maximum absolute atomic E-state index is 12.1. The molecule has 128 valence electrons. The SMILES string of the molecule is O=C(CCc1ccc(OC(F)(F)F)cc1)N1CCC(CO)CC1. The molecule has 0 spiro atoms. The van der Waals surface area contributed by atoms with Crippen LogP contribution in [0.4, 0.5) is 13.2 Å². The van der Waals surface area contributed by atoms with E-state index in [2.05, 4.69) is 4.74 Å². The van der Waals surface area contributed by atoms with Gasteiger partial charge >= 0.3 is 6.36 Å². The Morgan fingerprint density at radius 1 is 1.22 bits per heavy atom. The van der Waals surface area contributed by atoms with Crippen molar-refractivity contribution in [3.8, 4) is 5.75 Å². The summed E-state index contributed by atoms with van der Waals surface area (Å²) < 4.78 is 40.0. The third-order valence-corrected chi connectivity index (χ3v) is 4.01. The number of benzene rings is 1. The minimum atomic E-state index is -4.70. The number of amides is 1. The number of aliphatic hydroxyl groups excluding tert-OH is 1. The van der Waals surface area contributed by atoms with Crippen LogP contribution in [0.2, 0.25) is 0 Å². The van der Waals surface area contributed by atoms with Crippen molar-refractivity contribution in [1.29, 1.82) is 0 Å². The van der Waals surface area contributed by atoms with E-state index >= 15 is 0 Å². The van der Waals surface area contributed by atoms with E-state index in [1.807, 2.05) is 0 Å². The second-order valence-corrected chi connectivity index (χ2v) is 5.70. The number of carbonyl (C=O) groups is 1. The van der Waals surface area contributed by atoms with Gasteiger partial charge in [0.2, 0.25) is 5.91 Å². The molecule has 23 heavy (non-hydrogen) atoms. The molecular weight excluding hydrogens is 311 g/mol. The molecule has 2 rings (SSSR count). The molecule has 1 aromatic carbocycles. The van der Waals surface area contributed by atoms with Crippen molar-refractivity contribution < 1.29 is 27.8 Å². The molecule has 1 N–H and O–H groups in total. The fraction of sp³-hybridized carbons (Fsp3) is 0.562. The van der Waals surface area contributed by atoms with Crippen LogP contribution in [0, 0.1) is 5.92 Å². The molecule has 0 saturated carbocycles. The molecule has 1 amide bonds.